The van der Waals surface area contributed by atoms with Crippen LogP contribution in [0.1, 0.15) is 18.3 Å². The molecule has 160 valence electrons. The highest BCUT2D eigenvalue weighted by molar-refractivity contribution is 7.82. The molecule has 0 radical (unpaired) electrons. The van der Waals surface area contributed by atoms with Crippen LogP contribution in [0.3, 0.4) is 0 Å². The van der Waals surface area contributed by atoms with Gasteiger partial charge in [0.25, 0.3) is 0 Å². The molecule has 0 saturated carbocycles. The van der Waals surface area contributed by atoms with Gasteiger partial charge in [-0.15, -0.1) is 0 Å². The zero-order valence-corrected chi connectivity index (χ0v) is 16.8. The van der Waals surface area contributed by atoms with E-state index in [2.05, 4.69) is 0 Å². The summed E-state index contributed by atoms with van der Waals surface area (Å²) in [5.41, 5.74) is 0.464. The van der Waals surface area contributed by atoms with Crippen molar-refractivity contribution in [2.75, 3.05) is 38.3 Å². The van der Waals surface area contributed by atoms with Crippen LogP contribution >= 0.6 is 0 Å². The smallest absolute Gasteiger partial charge is 0.178 e. The van der Waals surface area contributed by atoms with Crippen molar-refractivity contribution in [1.29, 1.82) is 0 Å². The Morgan fingerprint density at radius 3 is 2.45 bits per heavy atom. The van der Waals surface area contributed by atoms with Gasteiger partial charge in [0.1, 0.15) is 22.6 Å². The number of nitrogens with zero attached hydrogens (tertiary/aromatic N) is 1. The molecule has 2 rings (SSSR count). The summed E-state index contributed by atoms with van der Waals surface area (Å²) in [6, 6.07) is 8.01. The average Bonchev–Trinajstić information content (AvgIpc) is 2.69. The molecule has 10 heteroatoms. The molecule has 0 fully saturated rings. The Morgan fingerprint density at radius 2 is 1.90 bits per heavy atom. The van der Waals surface area contributed by atoms with Crippen LogP contribution in [0.4, 0.5) is 10.1 Å². The second-order valence-corrected chi connectivity index (χ2v) is 7.19. The zero-order chi connectivity index (χ0) is 21.4. The summed E-state index contributed by atoms with van der Waals surface area (Å²) in [4.78, 5) is 1.84. The second kappa shape index (κ2) is 11.2. The number of nitrogens with two attached hydrogens (primary N) is 1. The quantitative estimate of drug-likeness (QED) is 0.399. The summed E-state index contributed by atoms with van der Waals surface area (Å²) in [6.07, 6.45) is -1.40. The molecule has 0 heterocycles. The molecule has 5 N–H and O–H groups in total. The fourth-order valence-corrected chi connectivity index (χ4v) is 3.26. The molecular weight excluding hydrogens is 403 g/mol. The van der Waals surface area contributed by atoms with Gasteiger partial charge in [-0.05, 0) is 42.8 Å². The van der Waals surface area contributed by atoms with Gasteiger partial charge in [-0.1, -0.05) is 0 Å². The van der Waals surface area contributed by atoms with E-state index in [0.29, 0.717) is 31.8 Å². The third-order valence-corrected chi connectivity index (χ3v) is 4.83. The number of benzene rings is 2. The van der Waals surface area contributed by atoms with E-state index in [0.717, 1.165) is 0 Å². The summed E-state index contributed by atoms with van der Waals surface area (Å²) >= 11 is 0. The van der Waals surface area contributed by atoms with E-state index in [1.54, 1.807) is 4.90 Å². The molecule has 0 aromatic heterocycles. The number of hydrogen-bond donors (Lipinski definition) is 4. The van der Waals surface area contributed by atoms with Gasteiger partial charge in [0.05, 0.1) is 17.2 Å². The molecule has 1 unspecified atom stereocenters. The molecule has 0 aliphatic rings. The third kappa shape index (κ3) is 6.46. The van der Waals surface area contributed by atoms with Crippen LogP contribution in [0.5, 0.6) is 11.5 Å². The Kier molecular flexibility index (Phi) is 8.96. The molecule has 2 aromatic rings. The fraction of sp³-hybridized carbons (Fsp3) is 0.368. The van der Waals surface area contributed by atoms with E-state index in [-0.39, 0.29) is 28.6 Å². The molecule has 8 nitrogen and oxygen atoms in total. The summed E-state index contributed by atoms with van der Waals surface area (Å²) in [7, 11) is -0.476. The Bertz CT molecular complexity index is 811. The lowest BCUT2D eigenvalue weighted by Crippen LogP contribution is -2.30. The number of rotatable bonds is 11. The van der Waals surface area contributed by atoms with Gasteiger partial charge in [-0.2, -0.15) is 0 Å². The molecule has 1 atom stereocenters. The Balaban J connectivity index is 2.61. The Hall–Kier alpha value is -2.08. The summed E-state index contributed by atoms with van der Waals surface area (Å²) in [5.74, 6) is -0.0232. The largest absolute Gasteiger partial charge is 0.454 e. The van der Waals surface area contributed by atoms with E-state index in [4.69, 9.17) is 14.6 Å². The number of anilines is 1. The third-order valence-electron chi connectivity index (χ3n) is 4.10. The number of aliphatic hydroxyl groups is 3. The van der Waals surface area contributed by atoms with E-state index < -0.39 is 23.1 Å². The molecule has 0 amide bonds. The van der Waals surface area contributed by atoms with Crippen LogP contribution in [0.2, 0.25) is 0 Å². The minimum absolute atomic E-state index is 0.0429. The molecule has 0 aliphatic carbocycles. The van der Waals surface area contributed by atoms with Crippen LogP contribution in [0.15, 0.2) is 41.3 Å². The molecule has 0 saturated heterocycles. The number of halogens is 1. The Labute approximate surface area is 170 Å². The highest BCUT2D eigenvalue weighted by Crippen LogP contribution is 2.39. The number of methoxy groups -OCH3 is 1. The lowest BCUT2D eigenvalue weighted by molar-refractivity contribution is -0.0426. The maximum atomic E-state index is 13.2. The van der Waals surface area contributed by atoms with Crippen LogP contribution in [-0.4, -0.2) is 52.9 Å². The topological polar surface area (TPSA) is 125 Å². The van der Waals surface area contributed by atoms with Crippen molar-refractivity contribution in [3.63, 3.8) is 0 Å². The van der Waals surface area contributed by atoms with E-state index >= 15 is 0 Å². The van der Waals surface area contributed by atoms with Gasteiger partial charge >= 0.3 is 0 Å². The molecule has 0 aliphatic heterocycles. The minimum atomic E-state index is -2.01. The van der Waals surface area contributed by atoms with Crippen molar-refractivity contribution < 1.29 is 33.4 Å². The van der Waals surface area contributed by atoms with Gasteiger partial charge in [0.2, 0.25) is 0 Å². The predicted molar refractivity (Wildman–Crippen MR) is 106 cm³/mol. The maximum Gasteiger partial charge on any atom is 0.178 e. The van der Waals surface area contributed by atoms with Crippen LogP contribution in [0.25, 0.3) is 0 Å². The van der Waals surface area contributed by atoms with Crippen molar-refractivity contribution in [2.24, 2.45) is 5.14 Å². The van der Waals surface area contributed by atoms with Crippen LogP contribution < -0.4 is 14.8 Å². The van der Waals surface area contributed by atoms with Crippen LogP contribution in [0, 0.1) is 5.82 Å². The lowest BCUT2D eigenvalue weighted by Gasteiger charge is -2.28. The first-order chi connectivity index (χ1) is 13.9. The van der Waals surface area contributed by atoms with Gasteiger partial charge in [-0.25, -0.2) is 13.7 Å². The normalized spacial score (nSPS) is 12.2. The minimum Gasteiger partial charge on any atom is -0.454 e. The first-order valence-corrected chi connectivity index (χ1v) is 10.1. The maximum absolute atomic E-state index is 13.2. The number of ether oxygens (including phenoxy) is 2. The monoisotopic (exact) mass is 428 g/mol. The summed E-state index contributed by atoms with van der Waals surface area (Å²) in [6.45, 7) is 1.06. The number of aliphatic hydroxyl groups excluding tert-OH is 2. The average molecular weight is 428 g/mol. The van der Waals surface area contributed by atoms with Gasteiger partial charge in [-0.3, -0.25) is 0 Å². The van der Waals surface area contributed by atoms with Crippen molar-refractivity contribution in [3.05, 3.63) is 47.8 Å². The standard InChI is InChI=1S/C19H25FN2O6S/c1-27-10-8-22(7-2-9-23)16-11-13(19(24)25)12-17(29(21)26)18(16)28-15-5-3-14(20)4-6-15/h3-6,11-12,19,23-25H,2,7-10,21H2,1H3. The van der Waals surface area contributed by atoms with E-state index in [9.17, 15) is 23.9 Å². The lowest BCUT2D eigenvalue weighted by atomic mass is 10.1. The second-order valence-electron chi connectivity index (χ2n) is 6.15. The van der Waals surface area contributed by atoms with Crippen molar-refractivity contribution in [3.8, 4) is 11.5 Å². The van der Waals surface area contributed by atoms with Gasteiger partial charge < -0.3 is 29.7 Å². The SMILES string of the molecule is COCCN(CCCO)c1cc(C(O)O)cc(S(N)=O)c1Oc1ccc(F)cc1. The predicted octanol–water partition coefficient (Wildman–Crippen LogP) is 1.42. The highest BCUT2D eigenvalue weighted by Gasteiger charge is 2.23. The fourth-order valence-electron chi connectivity index (χ4n) is 2.68. The highest BCUT2D eigenvalue weighted by atomic mass is 32.2. The molecule has 29 heavy (non-hydrogen) atoms. The number of hydrogen-bond acceptors (Lipinski definition) is 7. The summed E-state index contributed by atoms with van der Waals surface area (Å²) in [5, 5.41) is 34.1. The molecular formula is C19H25FN2O6S. The molecule has 0 bridgehead atoms. The molecule has 0 spiro atoms. The molecule has 2 aromatic carbocycles. The van der Waals surface area contributed by atoms with Crippen molar-refractivity contribution in [2.45, 2.75) is 17.6 Å². The Morgan fingerprint density at radius 1 is 1.21 bits per heavy atom. The van der Waals surface area contributed by atoms with E-state index in [1.807, 2.05) is 0 Å². The first kappa shape index (κ1) is 23.2. The zero-order valence-electron chi connectivity index (χ0n) is 16.0. The van der Waals surface area contributed by atoms with Crippen molar-refractivity contribution >= 4 is 16.7 Å². The van der Waals surface area contributed by atoms with E-state index in [1.165, 1.54) is 43.5 Å². The van der Waals surface area contributed by atoms with Crippen molar-refractivity contribution in [1.82, 2.24) is 0 Å². The first-order valence-electron chi connectivity index (χ1n) is 8.85. The van der Waals surface area contributed by atoms with Crippen LogP contribution in [-0.2, 0) is 15.7 Å². The van der Waals surface area contributed by atoms with Gasteiger partial charge in [0, 0.05) is 32.4 Å². The van der Waals surface area contributed by atoms with Gasteiger partial charge in [0.15, 0.2) is 12.0 Å². The summed E-state index contributed by atoms with van der Waals surface area (Å²) < 4.78 is 36.4.